The number of aliphatic hydroxyl groups excluding tert-OH is 1. The van der Waals surface area contributed by atoms with Crippen LogP contribution in [0.5, 0.6) is 0 Å². The van der Waals surface area contributed by atoms with Crippen molar-refractivity contribution >= 4 is 5.91 Å². The molecular weight excluding hydrogens is 364 g/mol. The summed E-state index contributed by atoms with van der Waals surface area (Å²) in [5.74, 6) is 0.412. The van der Waals surface area contributed by atoms with Crippen molar-refractivity contribution in [1.29, 1.82) is 0 Å². The number of carbonyl (C=O) groups is 1. The van der Waals surface area contributed by atoms with Crippen LogP contribution in [0.2, 0.25) is 0 Å². The molecule has 0 radical (unpaired) electrons. The van der Waals surface area contributed by atoms with E-state index in [4.69, 9.17) is 4.74 Å². The van der Waals surface area contributed by atoms with E-state index in [9.17, 15) is 9.90 Å². The zero-order chi connectivity index (χ0) is 20.1. The van der Waals surface area contributed by atoms with E-state index < -0.39 is 0 Å². The molecule has 0 bridgehead atoms. The molecule has 2 N–H and O–H groups in total. The highest BCUT2D eigenvalue weighted by atomic mass is 16.5. The van der Waals surface area contributed by atoms with Crippen LogP contribution in [0.1, 0.15) is 47.9 Å². The van der Waals surface area contributed by atoms with Crippen molar-refractivity contribution in [2.45, 2.75) is 58.0 Å². The van der Waals surface area contributed by atoms with Crippen molar-refractivity contribution in [2.75, 3.05) is 6.73 Å². The van der Waals surface area contributed by atoms with Gasteiger partial charge in [-0.05, 0) is 47.9 Å². The van der Waals surface area contributed by atoms with E-state index in [1.54, 1.807) is 0 Å². The van der Waals surface area contributed by atoms with Crippen LogP contribution in [0.3, 0.4) is 0 Å². The zero-order valence-electron chi connectivity index (χ0n) is 16.8. The summed E-state index contributed by atoms with van der Waals surface area (Å²) in [4.78, 5) is 15.0. The predicted octanol–water partition coefficient (Wildman–Crippen LogP) is 3.34. The van der Waals surface area contributed by atoms with Crippen LogP contribution in [-0.4, -0.2) is 28.7 Å². The lowest BCUT2D eigenvalue weighted by molar-refractivity contribution is -0.137. The summed E-state index contributed by atoms with van der Waals surface area (Å²) in [7, 11) is 0. The van der Waals surface area contributed by atoms with E-state index in [2.05, 4.69) is 17.4 Å². The van der Waals surface area contributed by atoms with Gasteiger partial charge in [0.2, 0.25) is 5.91 Å². The lowest BCUT2D eigenvalue weighted by Gasteiger charge is -2.31. The number of hydrogen-bond acceptors (Lipinski definition) is 4. The Morgan fingerprint density at radius 2 is 1.76 bits per heavy atom. The number of nitrogens with one attached hydrogen (secondary N) is 1. The van der Waals surface area contributed by atoms with Gasteiger partial charge in [-0.25, -0.2) is 0 Å². The van der Waals surface area contributed by atoms with Crippen molar-refractivity contribution in [3.05, 3.63) is 70.8 Å². The van der Waals surface area contributed by atoms with Crippen LogP contribution >= 0.6 is 0 Å². The lowest BCUT2D eigenvalue weighted by atomic mass is 9.85. The molecular formula is C24H30N2O3. The summed E-state index contributed by atoms with van der Waals surface area (Å²) in [6, 6.07) is 16.6. The van der Waals surface area contributed by atoms with Gasteiger partial charge in [0.1, 0.15) is 0 Å². The van der Waals surface area contributed by atoms with Crippen molar-refractivity contribution < 1.29 is 14.6 Å². The molecule has 2 aromatic carbocycles. The maximum atomic E-state index is 13.0. The van der Waals surface area contributed by atoms with E-state index in [0.29, 0.717) is 32.5 Å². The molecule has 1 aliphatic heterocycles. The van der Waals surface area contributed by atoms with Gasteiger partial charge in [-0.15, -0.1) is 0 Å². The highest BCUT2D eigenvalue weighted by Gasteiger charge is 2.32. The molecule has 2 aromatic rings. The minimum absolute atomic E-state index is 0.0489. The Morgan fingerprint density at radius 1 is 1.00 bits per heavy atom. The predicted molar refractivity (Wildman–Crippen MR) is 112 cm³/mol. The Kier molecular flexibility index (Phi) is 6.60. The average Bonchev–Trinajstić information content (AvgIpc) is 3.20. The molecule has 1 fully saturated rings. The normalized spacial score (nSPS) is 21.2. The molecule has 0 unspecified atom stereocenters. The van der Waals surface area contributed by atoms with Crippen molar-refractivity contribution in [2.24, 2.45) is 5.92 Å². The van der Waals surface area contributed by atoms with Crippen molar-refractivity contribution in [3.63, 3.8) is 0 Å². The zero-order valence-corrected chi connectivity index (χ0v) is 16.8. The Bertz CT molecular complexity index is 816. The van der Waals surface area contributed by atoms with Crippen LogP contribution in [0.4, 0.5) is 0 Å². The summed E-state index contributed by atoms with van der Waals surface area (Å²) in [6.45, 7) is 2.59. The van der Waals surface area contributed by atoms with E-state index in [1.165, 1.54) is 16.7 Å². The Labute approximate surface area is 172 Å². The highest BCUT2D eigenvalue weighted by Crippen LogP contribution is 2.30. The minimum Gasteiger partial charge on any atom is -0.392 e. The molecule has 154 valence electrons. The van der Waals surface area contributed by atoms with Crippen LogP contribution in [0, 0.1) is 5.92 Å². The van der Waals surface area contributed by atoms with Crippen molar-refractivity contribution in [1.82, 2.24) is 10.2 Å². The van der Waals surface area contributed by atoms with Gasteiger partial charge < -0.3 is 14.7 Å². The van der Waals surface area contributed by atoms with Gasteiger partial charge in [0.05, 0.1) is 19.9 Å². The molecule has 5 heteroatoms. The van der Waals surface area contributed by atoms with Crippen molar-refractivity contribution in [3.8, 4) is 0 Å². The van der Waals surface area contributed by atoms with E-state index in [1.807, 2.05) is 41.3 Å². The van der Waals surface area contributed by atoms with Gasteiger partial charge in [-0.2, -0.15) is 0 Å². The molecule has 5 nitrogen and oxygen atoms in total. The van der Waals surface area contributed by atoms with Crippen LogP contribution in [-0.2, 0) is 35.8 Å². The van der Waals surface area contributed by atoms with Crippen LogP contribution < -0.4 is 5.32 Å². The van der Waals surface area contributed by atoms with Crippen LogP contribution in [0.25, 0.3) is 0 Å². The number of rotatable bonds is 7. The second-order valence-corrected chi connectivity index (χ2v) is 8.19. The van der Waals surface area contributed by atoms with Gasteiger partial charge in [-0.1, -0.05) is 48.5 Å². The van der Waals surface area contributed by atoms with Gasteiger partial charge >= 0.3 is 0 Å². The number of hydrogen-bond donors (Lipinski definition) is 2. The maximum Gasteiger partial charge on any atom is 0.226 e. The first-order valence-electron chi connectivity index (χ1n) is 10.6. The van der Waals surface area contributed by atoms with Crippen LogP contribution in [0.15, 0.2) is 48.5 Å². The first kappa shape index (κ1) is 20.1. The summed E-state index contributed by atoms with van der Waals surface area (Å²) in [5.41, 5.74) is 4.48. The maximum absolute atomic E-state index is 13.0. The number of carbonyl (C=O) groups excluding carboxylic acids is 1. The third-order valence-electron chi connectivity index (χ3n) is 6.15. The standard InChI is InChI=1S/C24H30N2O3/c27-15-19-6-7-21-13-26(14-22(21)12-19)24(28)20-8-10-23(11-9-20)25-17-29-16-18-4-2-1-3-5-18/h1-7,12,20,23,25,27H,8-11,13-17H2. The number of nitrogens with zero attached hydrogens (tertiary/aromatic N) is 1. The summed E-state index contributed by atoms with van der Waals surface area (Å²) in [5, 5.41) is 12.8. The first-order chi connectivity index (χ1) is 14.2. The fraction of sp³-hybridized carbons (Fsp3) is 0.458. The SMILES string of the molecule is O=C(C1CCC(NCOCc2ccccc2)CC1)N1Cc2ccc(CO)cc2C1. The second-order valence-electron chi connectivity index (χ2n) is 8.19. The molecule has 0 aromatic heterocycles. The van der Waals surface area contributed by atoms with Gasteiger partial charge in [0, 0.05) is 25.0 Å². The number of aliphatic hydroxyl groups is 1. The van der Waals surface area contributed by atoms with Gasteiger partial charge in [0.15, 0.2) is 0 Å². The van der Waals surface area contributed by atoms with Gasteiger partial charge in [0.25, 0.3) is 0 Å². The first-order valence-corrected chi connectivity index (χ1v) is 10.6. The molecule has 1 saturated carbocycles. The smallest absolute Gasteiger partial charge is 0.226 e. The summed E-state index contributed by atoms with van der Waals surface area (Å²) in [6.07, 6.45) is 3.90. The molecule has 0 spiro atoms. The number of amides is 1. The summed E-state index contributed by atoms with van der Waals surface area (Å²) < 4.78 is 5.73. The summed E-state index contributed by atoms with van der Waals surface area (Å²) >= 11 is 0. The lowest BCUT2D eigenvalue weighted by Crippen LogP contribution is -2.39. The average molecular weight is 395 g/mol. The quantitative estimate of drug-likeness (QED) is 0.559. The van der Waals surface area contributed by atoms with E-state index in [-0.39, 0.29) is 18.4 Å². The molecule has 1 amide bonds. The molecule has 4 rings (SSSR count). The molecule has 0 saturated heterocycles. The number of ether oxygens (including phenoxy) is 1. The number of benzene rings is 2. The molecule has 2 aliphatic rings. The monoisotopic (exact) mass is 394 g/mol. The van der Waals surface area contributed by atoms with E-state index in [0.717, 1.165) is 31.2 Å². The third kappa shape index (κ3) is 5.04. The Hall–Kier alpha value is -2.21. The molecule has 1 heterocycles. The second kappa shape index (κ2) is 9.53. The minimum atomic E-state index is 0.0489. The molecule has 29 heavy (non-hydrogen) atoms. The molecule has 0 atom stereocenters. The Morgan fingerprint density at radius 3 is 2.52 bits per heavy atom. The highest BCUT2D eigenvalue weighted by molar-refractivity contribution is 5.79. The fourth-order valence-corrected chi connectivity index (χ4v) is 4.42. The van der Waals surface area contributed by atoms with Gasteiger partial charge in [-0.3, -0.25) is 10.1 Å². The molecule has 1 aliphatic carbocycles. The fourth-order valence-electron chi connectivity index (χ4n) is 4.42. The largest absolute Gasteiger partial charge is 0.392 e. The number of fused-ring (bicyclic) bond motifs is 1. The Balaban J connectivity index is 1.18. The van der Waals surface area contributed by atoms with E-state index >= 15 is 0 Å². The third-order valence-corrected chi connectivity index (χ3v) is 6.15. The topological polar surface area (TPSA) is 61.8 Å².